The maximum absolute atomic E-state index is 12.4. The molecule has 0 spiro atoms. The van der Waals surface area contributed by atoms with Crippen LogP contribution in [0, 0.1) is 13.8 Å². The Hall–Kier alpha value is -3.48. The predicted molar refractivity (Wildman–Crippen MR) is 94.6 cm³/mol. The van der Waals surface area contributed by atoms with Crippen LogP contribution in [0.2, 0.25) is 0 Å². The number of benzene rings is 1. The zero-order chi connectivity index (χ0) is 17.8. The molecule has 7 nitrogen and oxygen atoms in total. The summed E-state index contributed by atoms with van der Waals surface area (Å²) < 4.78 is 0. The molecule has 1 aromatic carbocycles. The number of aromatic nitrogens is 3. The Labute approximate surface area is 144 Å². The summed E-state index contributed by atoms with van der Waals surface area (Å²) in [6.45, 7) is 3.54. The first kappa shape index (κ1) is 16.4. The van der Waals surface area contributed by atoms with Crippen LogP contribution in [0.3, 0.4) is 0 Å². The van der Waals surface area contributed by atoms with Gasteiger partial charge in [-0.3, -0.25) is 14.7 Å². The maximum atomic E-state index is 12.4. The third kappa shape index (κ3) is 3.72. The molecule has 3 aromatic rings. The number of rotatable bonds is 4. The molecule has 2 amide bonds. The monoisotopic (exact) mass is 335 g/mol. The number of hydrogen-bond acceptors (Lipinski definition) is 4. The van der Waals surface area contributed by atoms with Crippen molar-refractivity contribution in [2.45, 2.75) is 13.8 Å². The Bertz CT molecular complexity index is 899. The largest absolute Gasteiger partial charge is 0.322 e. The Morgan fingerprint density at radius 2 is 1.84 bits per heavy atom. The van der Waals surface area contributed by atoms with Crippen molar-refractivity contribution in [2.24, 2.45) is 0 Å². The highest BCUT2D eigenvalue weighted by Crippen LogP contribution is 2.16. The lowest BCUT2D eigenvalue weighted by Gasteiger charge is -2.08. The summed E-state index contributed by atoms with van der Waals surface area (Å²) in [5, 5.41) is 12.3. The number of pyridine rings is 1. The molecular formula is C18H17N5O2. The highest BCUT2D eigenvalue weighted by Gasteiger charge is 2.16. The molecule has 3 N–H and O–H groups in total. The molecule has 0 aliphatic carbocycles. The van der Waals surface area contributed by atoms with Crippen LogP contribution < -0.4 is 10.6 Å². The summed E-state index contributed by atoms with van der Waals surface area (Å²) in [4.78, 5) is 28.8. The fourth-order valence-corrected chi connectivity index (χ4v) is 2.44. The van der Waals surface area contributed by atoms with Crippen molar-refractivity contribution in [3.8, 4) is 0 Å². The number of anilines is 2. The third-order valence-corrected chi connectivity index (χ3v) is 3.64. The first-order chi connectivity index (χ1) is 12.0. The van der Waals surface area contributed by atoms with Gasteiger partial charge in [-0.2, -0.15) is 5.10 Å². The van der Waals surface area contributed by atoms with Gasteiger partial charge in [-0.05, 0) is 44.2 Å². The van der Waals surface area contributed by atoms with Crippen molar-refractivity contribution in [3.63, 3.8) is 0 Å². The Morgan fingerprint density at radius 3 is 2.52 bits per heavy atom. The van der Waals surface area contributed by atoms with E-state index in [0.717, 1.165) is 0 Å². The van der Waals surface area contributed by atoms with E-state index in [4.69, 9.17) is 0 Å². The number of carbonyl (C=O) groups is 2. The van der Waals surface area contributed by atoms with Gasteiger partial charge in [0.1, 0.15) is 5.82 Å². The lowest BCUT2D eigenvalue weighted by molar-refractivity contribution is 0.101. The molecule has 0 aliphatic heterocycles. The predicted octanol–water partition coefficient (Wildman–Crippen LogP) is 2.93. The molecule has 0 saturated heterocycles. The topological polar surface area (TPSA) is 99.8 Å². The fourth-order valence-electron chi connectivity index (χ4n) is 2.44. The van der Waals surface area contributed by atoms with Gasteiger partial charge >= 0.3 is 0 Å². The van der Waals surface area contributed by atoms with Crippen LogP contribution in [0.4, 0.5) is 11.5 Å². The highest BCUT2D eigenvalue weighted by molar-refractivity contribution is 6.08. The van der Waals surface area contributed by atoms with Gasteiger partial charge in [-0.25, -0.2) is 4.98 Å². The molecule has 0 aliphatic rings. The van der Waals surface area contributed by atoms with Crippen LogP contribution in [0.15, 0.2) is 48.7 Å². The van der Waals surface area contributed by atoms with E-state index in [9.17, 15) is 9.59 Å². The molecule has 0 bridgehead atoms. The van der Waals surface area contributed by atoms with Crippen LogP contribution in [0.1, 0.15) is 32.1 Å². The van der Waals surface area contributed by atoms with E-state index < -0.39 is 0 Å². The third-order valence-electron chi connectivity index (χ3n) is 3.64. The Morgan fingerprint density at radius 1 is 1.00 bits per heavy atom. The highest BCUT2D eigenvalue weighted by atomic mass is 16.2. The second-order valence-electron chi connectivity index (χ2n) is 5.51. The summed E-state index contributed by atoms with van der Waals surface area (Å²) in [6, 6.07) is 12.0. The van der Waals surface area contributed by atoms with Gasteiger partial charge < -0.3 is 10.6 Å². The number of aryl methyl sites for hydroxylation is 2. The van der Waals surface area contributed by atoms with E-state index >= 15 is 0 Å². The quantitative estimate of drug-likeness (QED) is 0.682. The molecule has 0 unspecified atom stereocenters. The number of aromatic amines is 1. The summed E-state index contributed by atoms with van der Waals surface area (Å²) in [5.41, 5.74) is 2.77. The van der Waals surface area contributed by atoms with Gasteiger partial charge in [0, 0.05) is 23.1 Å². The lowest BCUT2D eigenvalue weighted by atomic mass is 10.1. The van der Waals surface area contributed by atoms with Crippen molar-refractivity contribution in [1.82, 2.24) is 15.2 Å². The number of carbonyl (C=O) groups excluding carboxylic acids is 2. The van der Waals surface area contributed by atoms with Crippen LogP contribution >= 0.6 is 0 Å². The van der Waals surface area contributed by atoms with Crippen LogP contribution in [0.25, 0.3) is 0 Å². The number of H-pyrrole nitrogens is 1. The van der Waals surface area contributed by atoms with Crippen LogP contribution in [0.5, 0.6) is 0 Å². The average molecular weight is 335 g/mol. The SMILES string of the molecule is Cc1n[nH]c(C)c1C(=O)Nc1cccc(C(=O)Nc2ccccn2)c1. The van der Waals surface area contributed by atoms with Crippen molar-refractivity contribution >= 4 is 23.3 Å². The van der Waals surface area contributed by atoms with Crippen molar-refractivity contribution in [2.75, 3.05) is 10.6 Å². The molecular weight excluding hydrogens is 318 g/mol. The maximum Gasteiger partial charge on any atom is 0.259 e. The van der Waals surface area contributed by atoms with Gasteiger partial charge in [0.15, 0.2) is 0 Å². The molecule has 0 saturated carbocycles. The first-order valence-electron chi connectivity index (χ1n) is 7.70. The lowest BCUT2D eigenvalue weighted by Crippen LogP contribution is -2.16. The van der Waals surface area contributed by atoms with E-state index in [2.05, 4.69) is 25.8 Å². The average Bonchev–Trinajstić information content (AvgIpc) is 2.94. The zero-order valence-electron chi connectivity index (χ0n) is 13.8. The molecule has 2 aromatic heterocycles. The van der Waals surface area contributed by atoms with Crippen molar-refractivity contribution in [3.05, 3.63) is 71.2 Å². The summed E-state index contributed by atoms with van der Waals surface area (Å²) in [7, 11) is 0. The van der Waals surface area contributed by atoms with E-state index in [1.807, 2.05) is 0 Å². The molecule has 0 atom stereocenters. The Kier molecular flexibility index (Phi) is 4.56. The Balaban J connectivity index is 1.75. The van der Waals surface area contributed by atoms with Gasteiger partial charge in [-0.1, -0.05) is 12.1 Å². The van der Waals surface area contributed by atoms with Crippen LogP contribution in [-0.2, 0) is 0 Å². The van der Waals surface area contributed by atoms with E-state index in [1.54, 1.807) is 62.5 Å². The second-order valence-corrected chi connectivity index (χ2v) is 5.51. The fraction of sp³-hybridized carbons (Fsp3) is 0.111. The molecule has 25 heavy (non-hydrogen) atoms. The number of amides is 2. The molecule has 7 heteroatoms. The molecule has 0 fully saturated rings. The molecule has 126 valence electrons. The minimum atomic E-state index is -0.300. The van der Waals surface area contributed by atoms with Crippen LogP contribution in [-0.4, -0.2) is 27.0 Å². The van der Waals surface area contributed by atoms with E-state index in [0.29, 0.717) is 34.0 Å². The van der Waals surface area contributed by atoms with E-state index in [-0.39, 0.29) is 11.8 Å². The second kappa shape index (κ2) is 6.96. The number of nitrogens with one attached hydrogen (secondary N) is 3. The molecule has 3 rings (SSSR count). The van der Waals surface area contributed by atoms with Gasteiger partial charge in [-0.15, -0.1) is 0 Å². The van der Waals surface area contributed by atoms with Crippen molar-refractivity contribution < 1.29 is 9.59 Å². The minimum absolute atomic E-state index is 0.272. The summed E-state index contributed by atoms with van der Waals surface area (Å²) in [6.07, 6.45) is 1.60. The number of nitrogens with zero attached hydrogens (tertiary/aromatic N) is 2. The smallest absolute Gasteiger partial charge is 0.259 e. The van der Waals surface area contributed by atoms with Gasteiger partial charge in [0.05, 0.1) is 11.3 Å². The summed E-state index contributed by atoms with van der Waals surface area (Å²) >= 11 is 0. The van der Waals surface area contributed by atoms with Crippen molar-refractivity contribution in [1.29, 1.82) is 0 Å². The van der Waals surface area contributed by atoms with Gasteiger partial charge in [0.25, 0.3) is 11.8 Å². The standard InChI is InChI=1S/C18H17N5O2/c1-11-16(12(2)23-22-11)18(25)20-14-7-5-6-13(10-14)17(24)21-15-8-3-4-9-19-15/h3-10H,1-2H3,(H,20,25)(H,22,23)(H,19,21,24). The molecule has 2 heterocycles. The normalized spacial score (nSPS) is 10.3. The first-order valence-corrected chi connectivity index (χ1v) is 7.70. The minimum Gasteiger partial charge on any atom is -0.322 e. The molecule has 0 radical (unpaired) electrons. The van der Waals surface area contributed by atoms with E-state index in [1.165, 1.54) is 0 Å². The number of hydrogen-bond donors (Lipinski definition) is 3. The van der Waals surface area contributed by atoms with Gasteiger partial charge in [0.2, 0.25) is 0 Å². The zero-order valence-corrected chi connectivity index (χ0v) is 13.8. The summed E-state index contributed by atoms with van der Waals surface area (Å²) in [5.74, 6) is -0.108.